The van der Waals surface area contributed by atoms with Gasteiger partial charge >= 0.3 is 0 Å². The lowest BCUT2D eigenvalue weighted by Gasteiger charge is -2.20. The largest absolute Gasteiger partial charge is 0.340 e. The second kappa shape index (κ2) is 5.21. The molecule has 0 spiro atoms. The summed E-state index contributed by atoms with van der Waals surface area (Å²) in [5, 5.41) is 6.86. The number of benzene rings is 1. The molecule has 104 valence electrons. The van der Waals surface area contributed by atoms with Gasteiger partial charge in [-0.3, -0.25) is 0 Å². The Labute approximate surface area is 119 Å². The third-order valence-corrected chi connectivity index (χ3v) is 4.19. The zero-order valence-corrected chi connectivity index (χ0v) is 12.2. The molecule has 0 saturated heterocycles. The van der Waals surface area contributed by atoms with Gasteiger partial charge in [-0.05, 0) is 43.5 Å². The Morgan fingerprint density at radius 3 is 2.80 bits per heavy atom. The molecular formula is C16H20N4. The SMILES string of the molecule is Cc1ccc(Nc2ncnc3c2CNCC3)c(C)c1C. The van der Waals surface area contributed by atoms with Crippen LogP contribution in [0.3, 0.4) is 0 Å². The Hall–Kier alpha value is -1.94. The van der Waals surface area contributed by atoms with Gasteiger partial charge in [0.2, 0.25) is 0 Å². The van der Waals surface area contributed by atoms with Gasteiger partial charge in [-0.15, -0.1) is 0 Å². The third kappa shape index (κ3) is 2.27. The molecule has 1 aromatic heterocycles. The lowest BCUT2D eigenvalue weighted by Crippen LogP contribution is -2.25. The van der Waals surface area contributed by atoms with Crippen LogP contribution >= 0.6 is 0 Å². The molecule has 0 radical (unpaired) electrons. The zero-order valence-electron chi connectivity index (χ0n) is 12.2. The molecule has 2 aromatic rings. The van der Waals surface area contributed by atoms with Gasteiger partial charge in [-0.2, -0.15) is 0 Å². The van der Waals surface area contributed by atoms with E-state index in [0.717, 1.165) is 36.7 Å². The molecule has 1 aliphatic heterocycles. The first-order valence-electron chi connectivity index (χ1n) is 7.04. The average molecular weight is 268 g/mol. The Kier molecular flexibility index (Phi) is 3.40. The van der Waals surface area contributed by atoms with Gasteiger partial charge in [0.1, 0.15) is 12.1 Å². The summed E-state index contributed by atoms with van der Waals surface area (Å²) in [4.78, 5) is 8.80. The maximum absolute atomic E-state index is 4.42. The Bertz CT molecular complexity index is 649. The number of fused-ring (bicyclic) bond motifs is 1. The lowest BCUT2D eigenvalue weighted by atomic mass is 10.0. The minimum Gasteiger partial charge on any atom is -0.340 e. The lowest BCUT2D eigenvalue weighted by molar-refractivity contribution is 0.627. The van der Waals surface area contributed by atoms with Gasteiger partial charge in [0.15, 0.2) is 0 Å². The molecule has 20 heavy (non-hydrogen) atoms. The molecule has 2 heterocycles. The molecule has 0 unspecified atom stereocenters. The summed E-state index contributed by atoms with van der Waals surface area (Å²) in [6, 6.07) is 4.28. The normalized spacial score (nSPS) is 13.9. The van der Waals surface area contributed by atoms with Crippen LogP contribution < -0.4 is 10.6 Å². The number of rotatable bonds is 2. The maximum atomic E-state index is 4.42. The molecule has 3 rings (SSSR count). The van der Waals surface area contributed by atoms with Crippen molar-refractivity contribution in [2.24, 2.45) is 0 Å². The number of anilines is 2. The highest BCUT2D eigenvalue weighted by Gasteiger charge is 2.15. The van der Waals surface area contributed by atoms with E-state index in [-0.39, 0.29) is 0 Å². The number of aromatic nitrogens is 2. The fraction of sp³-hybridized carbons (Fsp3) is 0.375. The van der Waals surface area contributed by atoms with E-state index >= 15 is 0 Å². The third-order valence-electron chi connectivity index (χ3n) is 4.19. The van der Waals surface area contributed by atoms with Crippen LogP contribution in [0.5, 0.6) is 0 Å². The fourth-order valence-corrected chi connectivity index (χ4v) is 2.60. The van der Waals surface area contributed by atoms with Crippen LogP contribution in [0.4, 0.5) is 11.5 Å². The van der Waals surface area contributed by atoms with Gasteiger partial charge in [0, 0.05) is 30.8 Å². The van der Waals surface area contributed by atoms with E-state index in [4.69, 9.17) is 0 Å². The number of hydrogen-bond acceptors (Lipinski definition) is 4. The van der Waals surface area contributed by atoms with Crippen LogP contribution in [0.25, 0.3) is 0 Å². The fourth-order valence-electron chi connectivity index (χ4n) is 2.60. The second-order valence-corrected chi connectivity index (χ2v) is 5.38. The van der Waals surface area contributed by atoms with Gasteiger partial charge < -0.3 is 10.6 Å². The number of hydrogen-bond donors (Lipinski definition) is 2. The van der Waals surface area contributed by atoms with Gasteiger partial charge in [0.05, 0.1) is 5.69 Å². The van der Waals surface area contributed by atoms with Crippen LogP contribution in [-0.2, 0) is 13.0 Å². The molecular weight excluding hydrogens is 248 g/mol. The van der Waals surface area contributed by atoms with E-state index in [1.165, 1.54) is 22.3 Å². The van der Waals surface area contributed by atoms with Crippen molar-refractivity contribution in [2.45, 2.75) is 33.7 Å². The monoisotopic (exact) mass is 268 g/mol. The van der Waals surface area contributed by atoms with E-state index in [9.17, 15) is 0 Å². The summed E-state index contributed by atoms with van der Waals surface area (Å²) in [5.41, 5.74) is 7.40. The van der Waals surface area contributed by atoms with Crippen LogP contribution in [0.1, 0.15) is 27.9 Å². The first kappa shape index (κ1) is 13.1. The van der Waals surface area contributed by atoms with Crippen molar-refractivity contribution >= 4 is 11.5 Å². The molecule has 1 aliphatic rings. The Morgan fingerprint density at radius 1 is 1.10 bits per heavy atom. The van der Waals surface area contributed by atoms with Crippen LogP contribution in [-0.4, -0.2) is 16.5 Å². The van der Waals surface area contributed by atoms with Crippen molar-refractivity contribution in [3.63, 3.8) is 0 Å². The predicted octanol–water partition coefficient (Wildman–Crippen LogP) is 2.79. The maximum Gasteiger partial charge on any atom is 0.138 e. The summed E-state index contributed by atoms with van der Waals surface area (Å²) in [6.45, 7) is 8.28. The summed E-state index contributed by atoms with van der Waals surface area (Å²) in [5.74, 6) is 0.925. The molecule has 0 fully saturated rings. The highest BCUT2D eigenvalue weighted by molar-refractivity contribution is 5.65. The number of nitrogens with zero attached hydrogens (tertiary/aromatic N) is 2. The smallest absolute Gasteiger partial charge is 0.138 e. The van der Waals surface area contributed by atoms with Gasteiger partial charge in [-0.25, -0.2) is 9.97 Å². The molecule has 0 saturated carbocycles. The van der Waals surface area contributed by atoms with Crippen molar-refractivity contribution in [2.75, 3.05) is 11.9 Å². The minimum absolute atomic E-state index is 0.836. The standard InChI is InChI=1S/C16H20N4/c1-10-4-5-14(12(3)11(10)2)20-16-13-8-17-7-6-15(13)18-9-19-16/h4-5,9,17H,6-8H2,1-3H3,(H,18,19,20). The van der Waals surface area contributed by atoms with Crippen molar-refractivity contribution in [3.05, 3.63) is 46.4 Å². The molecule has 4 heteroatoms. The van der Waals surface area contributed by atoms with Crippen molar-refractivity contribution < 1.29 is 0 Å². The average Bonchev–Trinajstić information content (AvgIpc) is 2.48. The van der Waals surface area contributed by atoms with E-state index in [1.807, 2.05) is 0 Å². The van der Waals surface area contributed by atoms with Crippen LogP contribution in [0, 0.1) is 20.8 Å². The topological polar surface area (TPSA) is 49.8 Å². The molecule has 1 aromatic carbocycles. The summed E-state index contributed by atoms with van der Waals surface area (Å²) < 4.78 is 0. The quantitative estimate of drug-likeness (QED) is 0.879. The van der Waals surface area contributed by atoms with Crippen molar-refractivity contribution in [1.82, 2.24) is 15.3 Å². The number of aryl methyl sites for hydroxylation is 1. The molecule has 4 nitrogen and oxygen atoms in total. The molecule has 0 atom stereocenters. The van der Waals surface area contributed by atoms with Gasteiger partial charge in [-0.1, -0.05) is 6.07 Å². The summed E-state index contributed by atoms with van der Waals surface area (Å²) >= 11 is 0. The van der Waals surface area contributed by atoms with Crippen LogP contribution in [0.15, 0.2) is 18.5 Å². The minimum atomic E-state index is 0.836. The molecule has 0 bridgehead atoms. The molecule has 0 amide bonds. The second-order valence-electron chi connectivity index (χ2n) is 5.38. The Morgan fingerprint density at radius 2 is 1.95 bits per heavy atom. The van der Waals surface area contributed by atoms with E-state index in [0.29, 0.717) is 0 Å². The van der Waals surface area contributed by atoms with E-state index < -0.39 is 0 Å². The van der Waals surface area contributed by atoms with E-state index in [2.05, 4.69) is 53.5 Å². The highest BCUT2D eigenvalue weighted by atomic mass is 15.0. The molecule has 2 N–H and O–H groups in total. The zero-order chi connectivity index (χ0) is 14.1. The first-order valence-corrected chi connectivity index (χ1v) is 7.04. The Balaban J connectivity index is 1.98. The number of nitrogens with one attached hydrogen (secondary N) is 2. The summed E-state index contributed by atoms with van der Waals surface area (Å²) in [7, 11) is 0. The van der Waals surface area contributed by atoms with Crippen molar-refractivity contribution in [3.8, 4) is 0 Å². The first-order chi connectivity index (χ1) is 9.66. The van der Waals surface area contributed by atoms with Crippen molar-refractivity contribution in [1.29, 1.82) is 0 Å². The van der Waals surface area contributed by atoms with Gasteiger partial charge in [0.25, 0.3) is 0 Å². The van der Waals surface area contributed by atoms with Crippen LogP contribution in [0.2, 0.25) is 0 Å². The summed E-state index contributed by atoms with van der Waals surface area (Å²) in [6.07, 6.45) is 2.63. The van der Waals surface area contributed by atoms with E-state index in [1.54, 1.807) is 6.33 Å². The highest BCUT2D eigenvalue weighted by Crippen LogP contribution is 2.27. The molecule has 0 aliphatic carbocycles. The predicted molar refractivity (Wildman–Crippen MR) is 81.4 cm³/mol.